The first-order valence-electron chi connectivity index (χ1n) is 7.56. The Hall–Kier alpha value is -1.71. The van der Waals surface area contributed by atoms with E-state index in [1.54, 1.807) is 0 Å². The summed E-state index contributed by atoms with van der Waals surface area (Å²) in [6.45, 7) is 11.9. The van der Waals surface area contributed by atoms with E-state index in [-0.39, 0.29) is 5.54 Å². The highest BCUT2D eigenvalue weighted by Crippen LogP contribution is 2.13. The molecule has 0 radical (unpaired) electrons. The van der Waals surface area contributed by atoms with E-state index >= 15 is 0 Å². The van der Waals surface area contributed by atoms with Crippen LogP contribution in [-0.2, 0) is 6.42 Å². The minimum atomic E-state index is -0.0526. The van der Waals surface area contributed by atoms with Crippen molar-refractivity contribution in [3.8, 4) is 5.75 Å². The number of benzene rings is 1. The molecule has 0 aliphatic heterocycles. The Morgan fingerprint density at radius 2 is 1.86 bits per heavy atom. The van der Waals surface area contributed by atoms with Crippen LogP contribution in [0.3, 0.4) is 0 Å². The normalized spacial score (nSPS) is 12.6. The molecule has 0 atom stereocenters. The summed E-state index contributed by atoms with van der Waals surface area (Å²) in [6, 6.07) is 8.19. The average molecular weight is 291 g/mol. The molecule has 0 saturated carbocycles. The lowest BCUT2D eigenvalue weighted by atomic mass is 10.1. The Morgan fingerprint density at radius 3 is 2.38 bits per heavy atom. The van der Waals surface area contributed by atoms with Gasteiger partial charge in [0, 0.05) is 12.1 Å². The van der Waals surface area contributed by atoms with Crippen LogP contribution in [0.5, 0.6) is 5.75 Å². The zero-order chi connectivity index (χ0) is 15.9. The van der Waals surface area contributed by atoms with Crippen LogP contribution in [0.15, 0.2) is 29.3 Å². The van der Waals surface area contributed by atoms with Gasteiger partial charge >= 0.3 is 0 Å². The maximum Gasteiger partial charge on any atom is 0.188 e. The maximum atomic E-state index is 5.83. The number of rotatable bonds is 6. The third kappa shape index (κ3) is 8.23. The fourth-order valence-electron chi connectivity index (χ4n) is 1.74. The number of nitrogens with two attached hydrogens (primary N) is 1. The highest BCUT2D eigenvalue weighted by molar-refractivity contribution is 5.78. The second-order valence-electron chi connectivity index (χ2n) is 6.74. The standard InChI is InChI=1S/C17H29N3O/c1-13(2)12-21-15-8-6-14(7-9-15)10-11-19-16(18)20-17(3,4)5/h6-9,13H,10-12H2,1-5H3,(H3,18,19,20). The fourth-order valence-corrected chi connectivity index (χ4v) is 1.74. The van der Waals surface area contributed by atoms with E-state index in [2.05, 4.69) is 57.1 Å². The number of aliphatic imine (C=N–C) groups is 1. The van der Waals surface area contributed by atoms with E-state index in [1.807, 2.05) is 12.1 Å². The molecule has 1 aromatic carbocycles. The summed E-state index contributed by atoms with van der Waals surface area (Å²) in [5.74, 6) is 1.96. The summed E-state index contributed by atoms with van der Waals surface area (Å²) in [6.07, 6.45) is 0.872. The lowest BCUT2D eigenvalue weighted by Crippen LogP contribution is -2.45. The molecule has 3 N–H and O–H groups in total. The Morgan fingerprint density at radius 1 is 1.24 bits per heavy atom. The van der Waals surface area contributed by atoms with Crippen LogP contribution >= 0.6 is 0 Å². The van der Waals surface area contributed by atoms with Crippen molar-refractivity contribution >= 4 is 5.96 Å². The Kier molecular flexibility index (Phi) is 6.53. The van der Waals surface area contributed by atoms with Gasteiger partial charge in [0.15, 0.2) is 5.96 Å². The van der Waals surface area contributed by atoms with E-state index in [0.717, 1.165) is 18.8 Å². The lowest BCUT2D eigenvalue weighted by Gasteiger charge is -2.20. The molecular formula is C17H29N3O. The van der Waals surface area contributed by atoms with Crippen LogP contribution in [0.4, 0.5) is 0 Å². The molecule has 0 spiro atoms. The molecule has 118 valence electrons. The van der Waals surface area contributed by atoms with E-state index in [9.17, 15) is 0 Å². The molecule has 0 unspecified atom stereocenters. The van der Waals surface area contributed by atoms with Crippen LogP contribution in [0, 0.1) is 5.92 Å². The van der Waals surface area contributed by atoms with Gasteiger partial charge < -0.3 is 15.8 Å². The van der Waals surface area contributed by atoms with Crippen molar-refractivity contribution in [1.82, 2.24) is 5.32 Å². The van der Waals surface area contributed by atoms with Gasteiger partial charge in [-0.2, -0.15) is 0 Å². The van der Waals surface area contributed by atoms with Crippen LogP contribution in [0.2, 0.25) is 0 Å². The first-order chi connectivity index (χ1) is 9.76. The van der Waals surface area contributed by atoms with Gasteiger partial charge in [0.2, 0.25) is 0 Å². The molecule has 1 aromatic rings. The third-order valence-corrected chi connectivity index (χ3v) is 2.69. The number of ether oxygens (including phenoxy) is 1. The first-order valence-corrected chi connectivity index (χ1v) is 7.56. The fraction of sp³-hybridized carbons (Fsp3) is 0.588. The van der Waals surface area contributed by atoms with E-state index < -0.39 is 0 Å². The van der Waals surface area contributed by atoms with Crippen molar-refractivity contribution in [1.29, 1.82) is 0 Å². The minimum Gasteiger partial charge on any atom is -0.493 e. The summed E-state index contributed by atoms with van der Waals surface area (Å²) in [5, 5.41) is 3.15. The van der Waals surface area contributed by atoms with E-state index in [4.69, 9.17) is 10.5 Å². The monoisotopic (exact) mass is 291 g/mol. The van der Waals surface area contributed by atoms with Gasteiger partial charge in [0.25, 0.3) is 0 Å². The summed E-state index contributed by atoms with van der Waals surface area (Å²) < 4.78 is 5.66. The second-order valence-corrected chi connectivity index (χ2v) is 6.74. The molecule has 21 heavy (non-hydrogen) atoms. The maximum absolute atomic E-state index is 5.83. The third-order valence-electron chi connectivity index (χ3n) is 2.69. The molecule has 0 aliphatic carbocycles. The van der Waals surface area contributed by atoms with Gasteiger partial charge in [-0.3, -0.25) is 4.99 Å². The number of hydrogen-bond acceptors (Lipinski definition) is 2. The number of nitrogens with one attached hydrogen (secondary N) is 1. The molecule has 0 heterocycles. The molecule has 0 saturated heterocycles. The van der Waals surface area contributed by atoms with Crippen molar-refractivity contribution < 1.29 is 4.74 Å². The van der Waals surface area contributed by atoms with Gasteiger partial charge in [0.05, 0.1) is 6.61 Å². The lowest BCUT2D eigenvalue weighted by molar-refractivity contribution is 0.271. The second kappa shape index (κ2) is 7.91. The van der Waals surface area contributed by atoms with Crippen LogP contribution in [0.1, 0.15) is 40.2 Å². The van der Waals surface area contributed by atoms with Gasteiger partial charge in [-0.15, -0.1) is 0 Å². The van der Waals surface area contributed by atoms with Gasteiger partial charge in [-0.1, -0.05) is 26.0 Å². The quantitative estimate of drug-likeness (QED) is 0.626. The predicted molar refractivity (Wildman–Crippen MR) is 89.9 cm³/mol. The molecule has 1 rings (SSSR count). The van der Waals surface area contributed by atoms with Crippen molar-refractivity contribution in [3.05, 3.63) is 29.8 Å². The molecular weight excluding hydrogens is 262 g/mol. The molecule has 4 heteroatoms. The summed E-state index contributed by atoms with van der Waals surface area (Å²) in [5.41, 5.74) is 7.02. The highest BCUT2D eigenvalue weighted by Gasteiger charge is 2.09. The number of guanidine groups is 1. The van der Waals surface area contributed by atoms with Crippen LogP contribution < -0.4 is 15.8 Å². The average Bonchev–Trinajstić information content (AvgIpc) is 2.35. The smallest absolute Gasteiger partial charge is 0.188 e. The van der Waals surface area contributed by atoms with Gasteiger partial charge in [-0.05, 0) is 50.8 Å². The Labute approximate surface area is 128 Å². The molecule has 0 fully saturated rings. The highest BCUT2D eigenvalue weighted by atomic mass is 16.5. The number of hydrogen-bond donors (Lipinski definition) is 2. The van der Waals surface area contributed by atoms with Gasteiger partial charge in [-0.25, -0.2) is 0 Å². The van der Waals surface area contributed by atoms with Crippen molar-refractivity contribution in [3.63, 3.8) is 0 Å². The Bertz CT molecular complexity index is 444. The SMILES string of the molecule is CC(C)COc1ccc(CCN=C(N)NC(C)(C)C)cc1. The largest absolute Gasteiger partial charge is 0.493 e. The Balaban J connectivity index is 2.40. The summed E-state index contributed by atoms with van der Waals surface area (Å²) in [4.78, 5) is 4.34. The predicted octanol–water partition coefficient (Wildman–Crippen LogP) is 2.97. The minimum absolute atomic E-state index is 0.0526. The molecule has 0 aromatic heterocycles. The zero-order valence-electron chi connectivity index (χ0n) is 13.9. The topological polar surface area (TPSA) is 59.6 Å². The summed E-state index contributed by atoms with van der Waals surface area (Å²) >= 11 is 0. The van der Waals surface area contributed by atoms with Crippen molar-refractivity contribution in [2.75, 3.05) is 13.2 Å². The summed E-state index contributed by atoms with van der Waals surface area (Å²) in [7, 11) is 0. The first kappa shape index (κ1) is 17.3. The van der Waals surface area contributed by atoms with Gasteiger partial charge in [0.1, 0.15) is 5.75 Å². The van der Waals surface area contributed by atoms with E-state index in [1.165, 1.54) is 5.56 Å². The molecule has 0 bridgehead atoms. The van der Waals surface area contributed by atoms with Crippen LogP contribution in [0.25, 0.3) is 0 Å². The molecule has 0 amide bonds. The van der Waals surface area contributed by atoms with E-state index in [0.29, 0.717) is 18.4 Å². The van der Waals surface area contributed by atoms with Crippen LogP contribution in [-0.4, -0.2) is 24.7 Å². The zero-order valence-corrected chi connectivity index (χ0v) is 13.9. The molecule has 0 aliphatic rings. The number of nitrogens with zero attached hydrogens (tertiary/aromatic N) is 1. The van der Waals surface area contributed by atoms with Crippen molar-refractivity contribution in [2.24, 2.45) is 16.6 Å². The molecule has 4 nitrogen and oxygen atoms in total. The van der Waals surface area contributed by atoms with Crippen molar-refractivity contribution in [2.45, 2.75) is 46.6 Å².